The van der Waals surface area contributed by atoms with Gasteiger partial charge in [-0.3, -0.25) is 4.79 Å². The maximum atomic E-state index is 11.2. The molecule has 1 aliphatic heterocycles. The Morgan fingerprint density at radius 2 is 1.87 bits per heavy atom. The van der Waals surface area contributed by atoms with Gasteiger partial charge in [-0.2, -0.15) is 0 Å². The van der Waals surface area contributed by atoms with Gasteiger partial charge in [-0.05, 0) is 43.9 Å². The van der Waals surface area contributed by atoms with E-state index < -0.39 is 5.97 Å². The Bertz CT molecular complexity index is 268. The van der Waals surface area contributed by atoms with Crippen LogP contribution in [0.4, 0.5) is 0 Å². The van der Waals surface area contributed by atoms with Crippen molar-refractivity contribution in [2.24, 2.45) is 17.8 Å². The Labute approximate surface area is 89.8 Å². The lowest BCUT2D eigenvalue weighted by Gasteiger charge is -2.33. The van der Waals surface area contributed by atoms with E-state index in [1.54, 1.807) is 0 Å². The summed E-state index contributed by atoms with van der Waals surface area (Å²) in [4.78, 5) is 11.2. The van der Waals surface area contributed by atoms with E-state index in [0.29, 0.717) is 11.8 Å². The number of rotatable bonds is 3. The molecule has 0 aromatic carbocycles. The van der Waals surface area contributed by atoms with Crippen molar-refractivity contribution in [2.75, 3.05) is 0 Å². The Kier molecular flexibility index (Phi) is 2.23. The molecule has 0 aromatic rings. The topological polar surface area (TPSA) is 46.5 Å². The second-order valence-electron chi connectivity index (χ2n) is 5.35. The summed E-state index contributed by atoms with van der Waals surface area (Å²) in [5.74, 6) is 0.350. The van der Waals surface area contributed by atoms with Crippen LogP contribution in [0.5, 0.6) is 0 Å². The van der Waals surface area contributed by atoms with Crippen molar-refractivity contribution in [1.29, 1.82) is 0 Å². The van der Waals surface area contributed by atoms with Crippen LogP contribution < -0.4 is 0 Å². The van der Waals surface area contributed by atoms with E-state index in [-0.39, 0.29) is 18.1 Å². The normalized spacial score (nSPS) is 41.5. The maximum absolute atomic E-state index is 11.2. The fourth-order valence-corrected chi connectivity index (χ4v) is 2.96. The van der Waals surface area contributed by atoms with Crippen LogP contribution in [-0.2, 0) is 9.53 Å². The molecule has 0 aromatic heterocycles. The number of aliphatic carboxylic acids is 1. The zero-order chi connectivity index (χ0) is 10.4. The number of ether oxygens (including phenoxy) is 1. The fraction of sp³-hybridized carbons (Fsp3) is 0.917. The number of hydrogen-bond acceptors (Lipinski definition) is 2. The van der Waals surface area contributed by atoms with E-state index in [1.807, 2.05) is 0 Å². The Balaban J connectivity index is 1.69. The quantitative estimate of drug-likeness (QED) is 0.775. The van der Waals surface area contributed by atoms with Gasteiger partial charge in [0.25, 0.3) is 0 Å². The molecule has 1 N–H and O–H groups in total. The van der Waals surface area contributed by atoms with Gasteiger partial charge < -0.3 is 9.84 Å². The van der Waals surface area contributed by atoms with Crippen LogP contribution in [0.1, 0.15) is 38.5 Å². The molecule has 3 aliphatic rings. The van der Waals surface area contributed by atoms with Gasteiger partial charge >= 0.3 is 5.97 Å². The molecule has 3 rings (SSSR count). The van der Waals surface area contributed by atoms with Crippen LogP contribution in [0, 0.1) is 17.8 Å². The van der Waals surface area contributed by atoms with Crippen LogP contribution in [0.25, 0.3) is 0 Å². The predicted molar refractivity (Wildman–Crippen MR) is 54.5 cm³/mol. The molecule has 2 saturated carbocycles. The summed E-state index contributed by atoms with van der Waals surface area (Å²) in [5.41, 5.74) is 0. The molecule has 0 spiro atoms. The lowest BCUT2D eigenvalue weighted by Crippen LogP contribution is -2.35. The van der Waals surface area contributed by atoms with E-state index in [4.69, 9.17) is 4.74 Å². The second kappa shape index (κ2) is 3.48. The van der Waals surface area contributed by atoms with E-state index in [0.717, 1.165) is 6.42 Å². The highest BCUT2D eigenvalue weighted by atomic mass is 16.5. The lowest BCUT2D eigenvalue weighted by molar-refractivity contribution is -0.145. The number of carboxylic acid groups (broad SMARTS) is 1. The average Bonchev–Trinajstić information content (AvgIpc) is 2.85. The van der Waals surface area contributed by atoms with Gasteiger partial charge in [0.2, 0.25) is 0 Å². The molecule has 2 aliphatic carbocycles. The first-order valence-corrected chi connectivity index (χ1v) is 6.14. The molecular weight excluding hydrogens is 192 g/mol. The number of hydrogen-bond donors (Lipinski definition) is 1. The van der Waals surface area contributed by atoms with Crippen molar-refractivity contribution < 1.29 is 14.6 Å². The highest BCUT2D eigenvalue weighted by Crippen LogP contribution is 2.47. The van der Waals surface area contributed by atoms with Crippen molar-refractivity contribution in [3.63, 3.8) is 0 Å². The van der Waals surface area contributed by atoms with Gasteiger partial charge in [0.1, 0.15) is 0 Å². The average molecular weight is 210 g/mol. The highest BCUT2D eigenvalue weighted by Gasteiger charge is 2.49. The van der Waals surface area contributed by atoms with E-state index >= 15 is 0 Å². The number of carboxylic acids is 1. The minimum Gasteiger partial charge on any atom is -0.481 e. The third kappa shape index (κ3) is 1.67. The van der Waals surface area contributed by atoms with Gasteiger partial charge in [0.15, 0.2) is 0 Å². The third-order valence-electron chi connectivity index (χ3n) is 4.29. The first-order valence-electron chi connectivity index (χ1n) is 6.14. The minimum absolute atomic E-state index is 0.0295. The highest BCUT2D eigenvalue weighted by molar-refractivity contribution is 5.71. The molecule has 3 heteroatoms. The smallest absolute Gasteiger partial charge is 0.309 e. The maximum Gasteiger partial charge on any atom is 0.309 e. The van der Waals surface area contributed by atoms with E-state index in [1.165, 1.54) is 32.1 Å². The van der Waals surface area contributed by atoms with Crippen molar-refractivity contribution in [2.45, 2.75) is 50.7 Å². The Hall–Kier alpha value is -0.570. The summed E-state index contributed by atoms with van der Waals surface area (Å²) in [6, 6.07) is 0. The SMILES string of the molecule is O=C(O)C1CC(C2CC2)OC1C1CCC1. The molecule has 3 fully saturated rings. The van der Waals surface area contributed by atoms with Crippen molar-refractivity contribution >= 4 is 5.97 Å². The zero-order valence-corrected chi connectivity index (χ0v) is 8.89. The molecule has 3 nitrogen and oxygen atoms in total. The lowest BCUT2D eigenvalue weighted by atomic mass is 9.76. The van der Waals surface area contributed by atoms with Crippen LogP contribution in [0.15, 0.2) is 0 Å². The zero-order valence-electron chi connectivity index (χ0n) is 8.89. The summed E-state index contributed by atoms with van der Waals surface area (Å²) < 4.78 is 5.98. The standard InChI is InChI=1S/C12H18O3/c13-12(14)9-6-10(7-4-5-7)15-11(9)8-2-1-3-8/h7-11H,1-6H2,(H,13,14). The summed E-state index contributed by atoms with van der Waals surface area (Å²) in [6.45, 7) is 0. The van der Waals surface area contributed by atoms with E-state index in [9.17, 15) is 9.90 Å². The second-order valence-corrected chi connectivity index (χ2v) is 5.35. The first kappa shape index (κ1) is 9.64. The summed E-state index contributed by atoms with van der Waals surface area (Å²) >= 11 is 0. The van der Waals surface area contributed by atoms with Crippen molar-refractivity contribution in [1.82, 2.24) is 0 Å². The first-order chi connectivity index (χ1) is 7.25. The minimum atomic E-state index is -0.643. The summed E-state index contributed by atoms with van der Waals surface area (Å²) in [7, 11) is 0. The Morgan fingerprint density at radius 3 is 2.33 bits per heavy atom. The molecule has 1 heterocycles. The molecular formula is C12H18O3. The molecule has 1 saturated heterocycles. The predicted octanol–water partition coefficient (Wildman–Crippen LogP) is 2.05. The van der Waals surface area contributed by atoms with Crippen LogP contribution in [0.2, 0.25) is 0 Å². The molecule has 0 radical (unpaired) electrons. The van der Waals surface area contributed by atoms with Crippen molar-refractivity contribution in [3.05, 3.63) is 0 Å². The summed E-state index contributed by atoms with van der Waals surface area (Å²) in [6.07, 6.45) is 7.14. The molecule has 15 heavy (non-hydrogen) atoms. The Morgan fingerprint density at radius 1 is 1.13 bits per heavy atom. The molecule has 0 amide bonds. The van der Waals surface area contributed by atoms with E-state index in [2.05, 4.69) is 0 Å². The van der Waals surface area contributed by atoms with Gasteiger partial charge in [-0.1, -0.05) is 6.42 Å². The van der Waals surface area contributed by atoms with Crippen molar-refractivity contribution in [3.8, 4) is 0 Å². The van der Waals surface area contributed by atoms with Crippen LogP contribution >= 0.6 is 0 Å². The third-order valence-corrected chi connectivity index (χ3v) is 4.29. The fourth-order valence-electron chi connectivity index (χ4n) is 2.96. The van der Waals surface area contributed by atoms with Crippen LogP contribution in [0.3, 0.4) is 0 Å². The van der Waals surface area contributed by atoms with Gasteiger partial charge in [0, 0.05) is 0 Å². The van der Waals surface area contributed by atoms with Crippen LogP contribution in [-0.4, -0.2) is 23.3 Å². The summed E-state index contributed by atoms with van der Waals surface area (Å²) in [5, 5.41) is 9.19. The monoisotopic (exact) mass is 210 g/mol. The van der Waals surface area contributed by atoms with Gasteiger partial charge in [0.05, 0.1) is 18.1 Å². The van der Waals surface area contributed by atoms with Gasteiger partial charge in [-0.15, -0.1) is 0 Å². The molecule has 0 bridgehead atoms. The molecule has 84 valence electrons. The largest absolute Gasteiger partial charge is 0.481 e. The van der Waals surface area contributed by atoms with Gasteiger partial charge in [-0.25, -0.2) is 0 Å². The molecule has 3 unspecified atom stereocenters. The number of carbonyl (C=O) groups is 1. The molecule has 3 atom stereocenters.